The van der Waals surface area contributed by atoms with Gasteiger partial charge in [-0.2, -0.15) is 0 Å². The van der Waals surface area contributed by atoms with E-state index in [1.165, 1.54) is 18.4 Å². The molecule has 110 valence electrons. The molecular formula is C17H20N2O2. The van der Waals surface area contributed by atoms with Gasteiger partial charge in [0.25, 0.3) is 0 Å². The summed E-state index contributed by atoms with van der Waals surface area (Å²) < 4.78 is 11.4. The minimum absolute atomic E-state index is 0.683. The quantitative estimate of drug-likeness (QED) is 0.914. The molecule has 2 heterocycles. The SMILES string of the molecule is c1coc(CN(Cc2cccc3c2OCCN3)C2CC2)c1. The number of anilines is 1. The second kappa shape index (κ2) is 5.45. The normalized spacial score (nSPS) is 17.2. The zero-order valence-electron chi connectivity index (χ0n) is 12.0. The lowest BCUT2D eigenvalue weighted by molar-refractivity contribution is 0.219. The lowest BCUT2D eigenvalue weighted by Crippen LogP contribution is -2.26. The fourth-order valence-corrected chi connectivity index (χ4v) is 2.93. The molecule has 2 aliphatic rings. The van der Waals surface area contributed by atoms with E-state index in [0.29, 0.717) is 6.04 Å². The molecule has 1 fully saturated rings. The maximum atomic E-state index is 5.88. The van der Waals surface area contributed by atoms with Crippen molar-refractivity contribution in [1.82, 2.24) is 4.90 Å². The van der Waals surface area contributed by atoms with Gasteiger partial charge in [-0.3, -0.25) is 4.90 Å². The van der Waals surface area contributed by atoms with Gasteiger partial charge in [-0.1, -0.05) is 12.1 Å². The van der Waals surface area contributed by atoms with E-state index in [4.69, 9.17) is 9.15 Å². The predicted octanol–water partition coefficient (Wildman–Crippen LogP) is 3.25. The monoisotopic (exact) mass is 284 g/mol. The molecule has 0 bridgehead atoms. The van der Waals surface area contributed by atoms with Crippen LogP contribution in [0.4, 0.5) is 5.69 Å². The third kappa shape index (κ3) is 2.76. The standard InChI is InChI=1S/C17H20N2O2/c1-3-13(17-16(5-1)18-8-10-21-17)11-19(14-6-7-14)12-15-4-2-9-20-15/h1-5,9,14,18H,6-8,10-12H2. The Morgan fingerprint density at radius 2 is 2.10 bits per heavy atom. The third-order valence-electron chi connectivity index (χ3n) is 4.14. The molecule has 0 atom stereocenters. The Morgan fingerprint density at radius 1 is 1.14 bits per heavy atom. The first kappa shape index (κ1) is 12.8. The first-order chi connectivity index (χ1) is 10.4. The predicted molar refractivity (Wildman–Crippen MR) is 81.4 cm³/mol. The molecule has 1 aliphatic carbocycles. The Bertz CT molecular complexity index is 605. The van der Waals surface area contributed by atoms with Crippen LogP contribution in [-0.2, 0) is 13.1 Å². The van der Waals surface area contributed by atoms with E-state index < -0.39 is 0 Å². The molecule has 21 heavy (non-hydrogen) atoms. The summed E-state index contributed by atoms with van der Waals surface area (Å²) in [4.78, 5) is 2.49. The highest BCUT2D eigenvalue weighted by Gasteiger charge is 2.30. The van der Waals surface area contributed by atoms with Crippen LogP contribution in [0.25, 0.3) is 0 Å². The van der Waals surface area contributed by atoms with Gasteiger partial charge in [0.15, 0.2) is 0 Å². The van der Waals surface area contributed by atoms with E-state index in [1.54, 1.807) is 6.26 Å². The van der Waals surface area contributed by atoms with E-state index in [1.807, 2.05) is 12.1 Å². The summed E-state index contributed by atoms with van der Waals surface area (Å²) in [5.41, 5.74) is 2.38. The summed E-state index contributed by atoms with van der Waals surface area (Å²) in [7, 11) is 0. The molecule has 0 spiro atoms. The Labute approximate surface area is 124 Å². The first-order valence-corrected chi connectivity index (χ1v) is 7.65. The molecular weight excluding hydrogens is 264 g/mol. The number of benzene rings is 1. The summed E-state index contributed by atoms with van der Waals surface area (Å²) in [6.45, 7) is 3.41. The Kier molecular flexibility index (Phi) is 3.31. The third-order valence-corrected chi connectivity index (χ3v) is 4.14. The van der Waals surface area contributed by atoms with Crippen molar-refractivity contribution in [2.24, 2.45) is 0 Å². The smallest absolute Gasteiger partial charge is 0.146 e. The molecule has 0 saturated heterocycles. The van der Waals surface area contributed by atoms with Crippen LogP contribution in [0.1, 0.15) is 24.2 Å². The van der Waals surface area contributed by atoms with E-state index >= 15 is 0 Å². The zero-order valence-corrected chi connectivity index (χ0v) is 12.0. The van der Waals surface area contributed by atoms with Gasteiger partial charge in [0.1, 0.15) is 18.1 Å². The maximum absolute atomic E-state index is 5.88. The van der Waals surface area contributed by atoms with Crippen molar-refractivity contribution in [2.75, 3.05) is 18.5 Å². The van der Waals surface area contributed by atoms with Gasteiger partial charge >= 0.3 is 0 Å². The van der Waals surface area contributed by atoms with Crippen LogP contribution < -0.4 is 10.1 Å². The second-order valence-corrected chi connectivity index (χ2v) is 5.78. The number of ether oxygens (including phenoxy) is 1. The largest absolute Gasteiger partial charge is 0.489 e. The average Bonchev–Trinajstić information content (AvgIpc) is 3.25. The van der Waals surface area contributed by atoms with Gasteiger partial charge in [-0.05, 0) is 31.0 Å². The lowest BCUT2D eigenvalue weighted by atomic mass is 10.1. The topological polar surface area (TPSA) is 37.6 Å². The highest BCUT2D eigenvalue weighted by Crippen LogP contribution is 2.35. The number of nitrogens with zero attached hydrogens (tertiary/aromatic N) is 1. The molecule has 1 aromatic heterocycles. The van der Waals surface area contributed by atoms with Gasteiger partial charge in [0.2, 0.25) is 0 Å². The molecule has 4 heteroatoms. The molecule has 1 aromatic carbocycles. The molecule has 0 amide bonds. The zero-order chi connectivity index (χ0) is 14.1. The van der Waals surface area contributed by atoms with E-state index in [2.05, 4.69) is 28.4 Å². The lowest BCUT2D eigenvalue weighted by Gasteiger charge is -2.26. The number of nitrogens with one attached hydrogen (secondary N) is 1. The molecule has 1 N–H and O–H groups in total. The Hall–Kier alpha value is -1.94. The van der Waals surface area contributed by atoms with Gasteiger partial charge in [-0.25, -0.2) is 0 Å². The number of hydrogen-bond acceptors (Lipinski definition) is 4. The van der Waals surface area contributed by atoms with Gasteiger partial charge in [-0.15, -0.1) is 0 Å². The van der Waals surface area contributed by atoms with Gasteiger partial charge < -0.3 is 14.5 Å². The van der Waals surface area contributed by atoms with Crippen LogP contribution in [0.2, 0.25) is 0 Å². The van der Waals surface area contributed by atoms with Crippen LogP contribution >= 0.6 is 0 Å². The van der Waals surface area contributed by atoms with E-state index in [0.717, 1.165) is 43.4 Å². The molecule has 2 aromatic rings. The van der Waals surface area contributed by atoms with E-state index in [9.17, 15) is 0 Å². The molecule has 0 unspecified atom stereocenters. The Balaban J connectivity index is 1.55. The Morgan fingerprint density at radius 3 is 2.90 bits per heavy atom. The fraction of sp³-hybridized carbons (Fsp3) is 0.412. The minimum Gasteiger partial charge on any atom is -0.489 e. The van der Waals surface area contributed by atoms with Crippen molar-refractivity contribution < 1.29 is 9.15 Å². The summed E-state index contributed by atoms with van der Waals surface area (Å²) >= 11 is 0. The number of furan rings is 1. The summed E-state index contributed by atoms with van der Waals surface area (Å²) in [6.07, 6.45) is 4.32. The summed E-state index contributed by atoms with van der Waals surface area (Å²) in [5, 5.41) is 3.40. The van der Waals surface area contributed by atoms with E-state index in [-0.39, 0.29) is 0 Å². The molecule has 4 rings (SSSR count). The molecule has 4 nitrogen and oxygen atoms in total. The van der Waals surface area contributed by atoms with Crippen molar-refractivity contribution in [3.63, 3.8) is 0 Å². The van der Waals surface area contributed by atoms with Crippen LogP contribution in [-0.4, -0.2) is 24.1 Å². The molecule has 0 radical (unpaired) electrons. The highest BCUT2D eigenvalue weighted by molar-refractivity contribution is 5.61. The highest BCUT2D eigenvalue weighted by atomic mass is 16.5. The van der Waals surface area contributed by atoms with Crippen LogP contribution in [0.5, 0.6) is 5.75 Å². The number of rotatable bonds is 5. The average molecular weight is 284 g/mol. The second-order valence-electron chi connectivity index (χ2n) is 5.78. The van der Waals surface area contributed by atoms with Crippen LogP contribution in [0.15, 0.2) is 41.0 Å². The molecule has 1 saturated carbocycles. The fourth-order valence-electron chi connectivity index (χ4n) is 2.93. The van der Waals surface area contributed by atoms with Crippen molar-refractivity contribution in [3.05, 3.63) is 47.9 Å². The number of para-hydroxylation sites is 1. The first-order valence-electron chi connectivity index (χ1n) is 7.65. The van der Waals surface area contributed by atoms with Crippen LogP contribution in [0, 0.1) is 0 Å². The number of fused-ring (bicyclic) bond motifs is 1. The van der Waals surface area contributed by atoms with Crippen molar-refractivity contribution in [2.45, 2.75) is 32.0 Å². The van der Waals surface area contributed by atoms with Gasteiger partial charge in [0, 0.05) is 24.7 Å². The minimum atomic E-state index is 0.683. The maximum Gasteiger partial charge on any atom is 0.146 e. The van der Waals surface area contributed by atoms with Crippen molar-refractivity contribution in [3.8, 4) is 5.75 Å². The van der Waals surface area contributed by atoms with Gasteiger partial charge in [0.05, 0.1) is 18.5 Å². The number of hydrogen-bond donors (Lipinski definition) is 1. The summed E-state index contributed by atoms with van der Waals surface area (Å²) in [6, 6.07) is 11.1. The molecule has 1 aliphatic heterocycles. The van der Waals surface area contributed by atoms with Crippen molar-refractivity contribution >= 4 is 5.69 Å². The van der Waals surface area contributed by atoms with Crippen LogP contribution in [0.3, 0.4) is 0 Å². The summed E-state index contributed by atoms with van der Waals surface area (Å²) in [5.74, 6) is 2.06. The van der Waals surface area contributed by atoms with Crippen molar-refractivity contribution in [1.29, 1.82) is 0 Å².